The van der Waals surface area contributed by atoms with Crippen molar-refractivity contribution in [1.82, 2.24) is 24.9 Å². The molecular formula is C9H14N8O2. The summed E-state index contributed by atoms with van der Waals surface area (Å²) in [4.78, 5) is 26.1. The lowest BCUT2D eigenvalue weighted by Crippen LogP contribution is -2.05. The summed E-state index contributed by atoms with van der Waals surface area (Å²) in [6, 6.07) is 0. The number of nitrogens with two attached hydrogens (primary N) is 3. The molecule has 2 aromatic heterocycles. The smallest absolute Gasteiger partial charge is 0.327 e. The molecule has 2 aromatic rings. The molecule has 8 N–H and O–H groups in total. The Hall–Kier alpha value is -3.17. The van der Waals surface area contributed by atoms with Gasteiger partial charge in [-0.2, -0.15) is 15.0 Å². The molecule has 0 unspecified atom stereocenters. The summed E-state index contributed by atoms with van der Waals surface area (Å²) < 4.78 is 0. The van der Waals surface area contributed by atoms with E-state index in [2.05, 4.69) is 31.5 Å². The highest BCUT2D eigenvalue weighted by Crippen LogP contribution is 1.97. The van der Waals surface area contributed by atoms with Gasteiger partial charge in [0.1, 0.15) is 0 Å². The Morgan fingerprint density at radius 3 is 1.79 bits per heavy atom. The van der Waals surface area contributed by atoms with Crippen molar-refractivity contribution in [2.45, 2.75) is 0 Å². The van der Waals surface area contributed by atoms with Gasteiger partial charge in [-0.1, -0.05) is 6.58 Å². The predicted molar refractivity (Wildman–Crippen MR) is 69.5 cm³/mol. The highest BCUT2D eigenvalue weighted by molar-refractivity contribution is 5.78. The second-order valence-electron chi connectivity index (χ2n) is 2.71. The highest BCUT2D eigenvalue weighted by atomic mass is 16.4. The van der Waals surface area contributed by atoms with Gasteiger partial charge >= 0.3 is 5.97 Å². The fourth-order valence-corrected chi connectivity index (χ4v) is 0.642. The second-order valence-corrected chi connectivity index (χ2v) is 2.71. The van der Waals surface area contributed by atoms with E-state index in [0.29, 0.717) is 0 Å². The molecule has 0 aliphatic rings. The zero-order chi connectivity index (χ0) is 14.7. The number of rotatable bonds is 1. The van der Waals surface area contributed by atoms with Gasteiger partial charge in [-0.15, -0.1) is 0 Å². The molecule has 10 nitrogen and oxygen atoms in total. The van der Waals surface area contributed by atoms with Gasteiger partial charge in [0, 0.05) is 18.5 Å². The van der Waals surface area contributed by atoms with Gasteiger partial charge in [-0.05, 0) is 0 Å². The third kappa shape index (κ3) is 9.74. The van der Waals surface area contributed by atoms with Crippen molar-refractivity contribution in [3.05, 3.63) is 31.4 Å². The third-order valence-corrected chi connectivity index (χ3v) is 1.27. The van der Waals surface area contributed by atoms with E-state index in [-0.39, 0.29) is 17.8 Å². The minimum absolute atomic E-state index is 0.0417. The molecule has 10 heteroatoms. The SMILES string of the molecule is C=CC(=O)O.Nc1nc(N)nc(N)n1.c1c[nH]cn1. The lowest BCUT2D eigenvalue weighted by Gasteiger charge is -1.93. The van der Waals surface area contributed by atoms with Crippen molar-refractivity contribution in [3.8, 4) is 0 Å². The first-order valence-electron chi connectivity index (χ1n) is 4.76. The van der Waals surface area contributed by atoms with Gasteiger partial charge in [0.25, 0.3) is 0 Å². The average Bonchev–Trinajstić information content (AvgIpc) is 2.86. The summed E-state index contributed by atoms with van der Waals surface area (Å²) in [5, 5.41) is 7.60. The van der Waals surface area contributed by atoms with Gasteiger partial charge in [0.05, 0.1) is 6.33 Å². The Morgan fingerprint density at radius 2 is 1.63 bits per heavy atom. The van der Waals surface area contributed by atoms with Gasteiger partial charge < -0.3 is 27.3 Å². The van der Waals surface area contributed by atoms with Crippen LogP contribution in [0.1, 0.15) is 0 Å². The summed E-state index contributed by atoms with van der Waals surface area (Å²) in [6.45, 7) is 2.96. The van der Waals surface area contributed by atoms with E-state index < -0.39 is 5.97 Å². The molecule has 0 aromatic carbocycles. The fourth-order valence-electron chi connectivity index (χ4n) is 0.642. The molecule has 0 aliphatic carbocycles. The first kappa shape index (κ1) is 15.8. The van der Waals surface area contributed by atoms with Crippen molar-refractivity contribution < 1.29 is 9.90 Å². The Kier molecular flexibility index (Phi) is 7.43. The van der Waals surface area contributed by atoms with E-state index in [1.807, 2.05) is 0 Å². The molecule has 102 valence electrons. The molecule has 0 saturated carbocycles. The zero-order valence-electron chi connectivity index (χ0n) is 9.89. The molecule has 0 amide bonds. The Morgan fingerprint density at radius 1 is 1.21 bits per heavy atom. The quantitative estimate of drug-likeness (QED) is 0.416. The third-order valence-electron chi connectivity index (χ3n) is 1.27. The summed E-state index contributed by atoms with van der Waals surface area (Å²) in [7, 11) is 0. The van der Waals surface area contributed by atoms with Crippen LogP contribution in [0.3, 0.4) is 0 Å². The average molecular weight is 266 g/mol. The summed E-state index contributed by atoms with van der Waals surface area (Å²) in [5.74, 6) is -0.856. The van der Waals surface area contributed by atoms with E-state index in [9.17, 15) is 4.79 Å². The summed E-state index contributed by atoms with van der Waals surface area (Å²) in [5.41, 5.74) is 15.4. The highest BCUT2D eigenvalue weighted by Gasteiger charge is 1.93. The molecule has 0 spiro atoms. The van der Waals surface area contributed by atoms with Crippen LogP contribution >= 0.6 is 0 Å². The van der Waals surface area contributed by atoms with Crippen molar-refractivity contribution in [1.29, 1.82) is 0 Å². The van der Waals surface area contributed by atoms with Crippen LogP contribution in [0.15, 0.2) is 31.4 Å². The molecule has 2 rings (SSSR count). The number of aliphatic carboxylic acids is 1. The monoisotopic (exact) mass is 266 g/mol. The normalized spacial score (nSPS) is 8.21. The number of carbonyl (C=O) groups is 1. The van der Waals surface area contributed by atoms with Crippen LogP contribution in [-0.2, 0) is 4.79 Å². The predicted octanol–water partition coefficient (Wildman–Crippen LogP) is -0.715. The Labute approximate surface area is 108 Å². The molecule has 2 heterocycles. The number of hydrogen-bond acceptors (Lipinski definition) is 8. The molecule has 0 saturated heterocycles. The maximum atomic E-state index is 9.25. The standard InChI is InChI=1S/C3H6N6.C3H4N2.C3H4O2/c4-1-7-2(5)9-3(6)8-1;1-2-5-3-4-1;1-2-3(4)5/h(H6,4,5,6,7,8,9);1-3H,(H,4,5);2H,1H2,(H,4,5). The van der Waals surface area contributed by atoms with E-state index >= 15 is 0 Å². The van der Waals surface area contributed by atoms with Crippen LogP contribution in [0.5, 0.6) is 0 Å². The molecule has 0 radical (unpaired) electrons. The van der Waals surface area contributed by atoms with Crippen molar-refractivity contribution in [2.75, 3.05) is 17.2 Å². The number of carboxylic acid groups (broad SMARTS) is 1. The Balaban J connectivity index is 0.000000278. The molecule has 0 atom stereocenters. The maximum Gasteiger partial charge on any atom is 0.327 e. The summed E-state index contributed by atoms with van der Waals surface area (Å²) >= 11 is 0. The number of imidazole rings is 1. The van der Waals surface area contributed by atoms with Crippen LogP contribution < -0.4 is 17.2 Å². The Bertz CT molecular complexity index is 431. The van der Waals surface area contributed by atoms with Crippen LogP contribution in [-0.4, -0.2) is 36.0 Å². The van der Waals surface area contributed by atoms with Crippen molar-refractivity contribution in [3.63, 3.8) is 0 Å². The number of anilines is 3. The fraction of sp³-hybridized carbons (Fsp3) is 0. The number of aromatic nitrogens is 5. The van der Waals surface area contributed by atoms with Crippen LogP contribution in [0.4, 0.5) is 17.8 Å². The van der Waals surface area contributed by atoms with Gasteiger partial charge in [-0.25, -0.2) is 9.78 Å². The number of nitrogens with one attached hydrogen (secondary N) is 1. The van der Waals surface area contributed by atoms with Crippen molar-refractivity contribution >= 4 is 23.8 Å². The number of aromatic amines is 1. The molecule has 19 heavy (non-hydrogen) atoms. The largest absolute Gasteiger partial charge is 0.478 e. The molecule has 0 fully saturated rings. The maximum absolute atomic E-state index is 9.25. The number of nitrogens with zero attached hydrogens (tertiary/aromatic N) is 4. The molecule has 0 bridgehead atoms. The number of nitrogen functional groups attached to an aromatic ring is 3. The van der Waals surface area contributed by atoms with E-state index in [1.54, 1.807) is 18.7 Å². The van der Waals surface area contributed by atoms with E-state index in [4.69, 9.17) is 22.3 Å². The molecular weight excluding hydrogens is 252 g/mol. The summed E-state index contributed by atoms with van der Waals surface area (Å²) in [6.07, 6.45) is 5.92. The number of hydrogen-bond donors (Lipinski definition) is 5. The van der Waals surface area contributed by atoms with E-state index in [1.165, 1.54) is 0 Å². The van der Waals surface area contributed by atoms with Crippen LogP contribution in [0, 0.1) is 0 Å². The lowest BCUT2D eigenvalue weighted by atomic mass is 10.7. The van der Waals surface area contributed by atoms with Crippen LogP contribution in [0.2, 0.25) is 0 Å². The zero-order valence-corrected chi connectivity index (χ0v) is 9.89. The minimum Gasteiger partial charge on any atom is -0.478 e. The van der Waals surface area contributed by atoms with Crippen LogP contribution in [0.25, 0.3) is 0 Å². The topological polar surface area (TPSA) is 183 Å². The van der Waals surface area contributed by atoms with Gasteiger partial charge in [0.15, 0.2) is 0 Å². The number of H-pyrrole nitrogens is 1. The second kappa shape index (κ2) is 8.92. The van der Waals surface area contributed by atoms with Gasteiger partial charge in [-0.3, -0.25) is 0 Å². The minimum atomic E-state index is -0.981. The number of carboxylic acids is 1. The first-order valence-corrected chi connectivity index (χ1v) is 4.76. The van der Waals surface area contributed by atoms with Gasteiger partial charge in [0.2, 0.25) is 17.8 Å². The van der Waals surface area contributed by atoms with Crippen molar-refractivity contribution in [2.24, 2.45) is 0 Å². The van der Waals surface area contributed by atoms with E-state index in [0.717, 1.165) is 6.08 Å². The molecule has 0 aliphatic heterocycles. The first-order chi connectivity index (χ1) is 8.95. The lowest BCUT2D eigenvalue weighted by molar-refractivity contribution is -0.131.